The van der Waals surface area contributed by atoms with Crippen LogP contribution in [0.1, 0.15) is 27.6 Å². The van der Waals surface area contributed by atoms with E-state index in [1.165, 1.54) is 18.2 Å². The van der Waals surface area contributed by atoms with Gasteiger partial charge < -0.3 is 14.8 Å². The lowest BCUT2D eigenvalue weighted by Crippen LogP contribution is -2.21. The predicted octanol–water partition coefficient (Wildman–Crippen LogP) is 3.31. The second-order valence-corrected chi connectivity index (χ2v) is 5.37. The molecule has 0 atom stereocenters. The van der Waals surface area contributed by atoms with E-state index in [0.717, 1.165) is 0 Å². The summed E-state index contributed by atoms with van der Waals surface area (Å²) in [5, 5.41) is 2.97. The van der Waals surface area contributed by atoms with Gasteiger partial charge in [0.05, 0.1) is 17.7 Å². The largest absolute Gasteiger partial charge is 0.462 e. The third-order valence-corrected chi connectivity index (χ3v) is 3.31. The number of amides is 1. The number of rotatable bonds is 6. The van der Waals surface area contributed by atoms with E-state index in [0.29, 0.717) is 16.3 Å². The Balaban J connectivity index is 1.86. The fraction of sp³-hybridized carbons (Fsp3) is 0.167. The minimum atomic E-state index is -0.643. The highest BCUT2D eigenvalue weighted by atomic mass is 35.5. The van der Waals surface area contributed by atoms with Gasteiger partial charge in [-0.15, -0.1) is 0 Å². The van der Waals surface area contributed by atoms with Crippen LogP contribution in [0.5, 0.6) is 0 Å². The van der Waals surface area contributed by atoms with Crippen LogP contribution in [0.2, 0.25) is 5.02 Å². The van der Waals surface area contributed by atoms with Crippen LogP contribution in [0.25, 0.3) is 0 Å². The summed E-state index contributed by atoms with van der Waals surface area (Å²) in [6.45, 7) is 1.57. The third kappa shape index (κ3) is 5.61. The van der Waals surface area contributed by atoms with Crippen molar-refractivity contribution in [1.82, 2.24) is 0 Å². The van der Waals surface area contributed by atoms with Crippen LogP contribution in [0.3, 0.4) is 0 Å². The highest BCUT2D eigenvalue weighted by Gasteiger charge is 2.11. The van der Waals surface area contributed by atoms with Gasteiger partial charge in [-0.05, 0) is 49.4 Å². The van der Waals surface area contributed by atoms with Gasteiger partial charge in [0, 0.05) is 10.7 Å². The van der Waals surface area contributed by atoms with Gasteiger partial charge >= 0.3 is 11.9 Å². The van der Waals surface area contributed by atoms with Crippen LogP contribution in [0.15, 0.2) is 48.5 Å². The molecule has 0 unspecified atom stereocenters. The van der Waals surface area contributed by atoms with Gasteiger partial charge in [0.25, 0.3) is 5.91 Å². The summed E-state index contributed by atoms with van der Waals surface area (Å²) in [5.74, 6) is -1.58. The van der Waals surface area contributed by atoms with E-state index >= 15 is 0 Å². The van der Waals surface area contributed by atoms with Crippen molar-refractivity contribution in [2.45, 2.75) is 6.92 Å². The average molecular weight is 362 g/mol. The average Bonchev–Trinajstić information content (AvgIpc) is 2.60. The lowest BCUT2D eigenvalue weighted by molar-refractivity contribution is -0.119. The molecule has 0 fully saturated rings. The van der Waals surface area contributed by atoms with Crippen molar-refractivity contribution in [3.8, 4) is 0 Å². The minimum absolute atomic E-state index is 0.263. The Kier molecular flexibility index (Phi) is 6.54. The molecule has 0 radical (unpaired) electrons. The number of benzene rings is 2. The fourth-order valence-electron chi connectivity index (χ4n) is 1.93. The minimum Gasteiger partial charge on any atom is -0.462 e. The number of esters is 2. The highest BCUT2D eigenvalue weighted by Crippen LogP contribution is 2.12. The maximum atomic E-state index is 11.8. The lowest BCUT2D eigenvalue weighted by atomic mass is 10.2. The smallest absolute Gasteiger partial charge is 0.338 e. The van der Waals surface area contributed by atoms with Crippen LogP contribution < -0.4 is 5.32 Å². The highest BCUT2D eigenvalue weighted by molar-refractivity contribution is 6.30. The first-order chi connectivity index (χ1) is 12.0. The van der Waals surface area contributed by atoms with Crippen molar-refractivity contribution >= 4 is 35.1 Å². The van der Waals surface area contributed by atoms with Gasteiger partial charge in [-0.3, -0.25) is 4.79 Å². The molecular weight excluding hydrogens is 346 g/mol. The fourth-order valence-corrected chi connectivity index (χ4v) is 2.12. The Morgan fingerprint density at radius 3 is 2.28 bits per heavy atom. The molecule has 0 aromatic heterocycles. The first-order valence-corrected chi connectivity index (χ1v) is 7.87. The first kappa shape index (κ1) is 18.5. The molecule has 0 aliphatic rings. The molecule has 25 heavy (non-hydrogen) atoms. The number of hydrogen-bond donors (Lipinski definition) is 1. The molecule has 0 saturated heterocycles. The van der Waals surface area contributed by atoms with E-state index in [4.69, 9.17) is 21.1 Å². The quantitative estimate of drug-likeness (QED) is 0.798. The predicted molar refractivity (Wildman–Crippen MR) is 92.8 cm³/mol. The molecule has 7 heteroatoms. The maximum Gasteiger partial charge on any atom is 0.338 e. The van der Waals surface area contributed by atoms with Gasteiger partial charge in [-0.2, -0.15) is 0 Å². The Morgan fingerprint density at radius 1 is 0.960 bits per heavy atom. The van der Waals surface area contributed by atoms with Gasteiger partial charge in [-0.1, -0.05) is 17.7 Å². The molecule has 0 spiro atoms. The number of ether oxygens (including phenoxy) is 2. The molecule has 0 heterocycles. The lowest BCUT2D eigenvalue weighted by Gasteiger charge is -2.07. The molecule has 1 N–H and O–H groups in total. The molecule has 0 saturated carbocycles. The number of anilines is 1. The molecule has 2 aromatic carbocycles. The molecule has 0 aliphatic carbocycles. The molecule has 130 valence electrons. The second-order valence-electron chi connectivity index (χ2n) is 4.93. The summed E-state index contributed by atoms with van der Waals surface area (Å²) in [5.41, 5.74) is 1.11. The number of carbonyl (C=O) groups excluding carboxylic acids is 3. The van der Waals surface area contributed by atoms with Crippen molar-refractivity contribution in [2.24, 2.45) is 0 Å². The monoisotopic (exact) mass is 361 g/mol. The van der Waals surface area contributed by atoms with Crippen LogP contribution in [0, 0.1) is 0 Å². The van der Waals surface area contributed by atoms with E-state index in [-0.39, 0.29) is 12.2 Å². The van der Waals surface area contributed by atoms with Crippen LogP contribution in [0.4, 0.5) is 5.69 Å². The summed E-state index contributed by atoms with van der Waals surface area (Å²) in [7, 11) is 0. The number of nitrogens with one attached hydrogen (secondary N) is 1. The molecule has 0 bridgehead atoms. The van der Waals surface area contributed by atoms with E-state index < -0.39 is 24.5 Å². The van der Waals surface area contributed by atoms with Gasteiger partial charge in [0.2, 0.25) is 0 Å². The van der Waals surface area contributed by atoms with E-state index in [1.807, 2.05) is 0 Å². The summed E-state index contributed by atoms with van der Waals surface area (Å²) in [6.07, 6.45) is 0. The van der Waals surface area contributed by atoms with Crippen molar-refractivity contribution < 1.29 is 23.9 Å². The molecule has 2 aromatic rings. The number of halogens is 1. The zero-order chi connectivity index (χ0) is 18.2. The van der Waals surface area contributed by atoms with Crippen molar-refractivity contribution in [3.63, 3.8) is 0 Å². The second kappa shape index (κ2) is 8.84. The normalized spacial score (nSPS) is 10.0. The maximum absolute atomic E-state index is 11.8. The van der Waals surface area contributed by atoms with Crippen molar-refractivity contribution in [1.29, 1.82) is 0 Å². The molecular formula is C18H16ClNO5. The van der Waals surface area contributed by atoms with E-state index in [9.17, 15) is 14.4 Å². The van der Waals surface area contributed by atoms with Crippen LogP contribution in [-0.4, -0.2) is 31.1 Å². The topological polar surface area (TPSA) is 81.7 Å². The molecule has 0 aliphatic heterocycles. The molecule has 6 nitrogen and oxygen atoms in total. The van der Waals surface area contributed by atoms with Crippen molar-refractivity contribution in [2.75, 3.05) is 18.5 Å². The Bertz CT molecular complexity index is 773. The zero-order valence-electron chi connectivity index (χ0n) is 13.5. The number of hydrogen-bond acceptors (Lipinski definition) is 5. The van der Waals surface area contributed by atoms with Gasteiger partial charge in [0.15, 0.2) is 6.61 Å². The zero-order valence-corrected chi connectivity index (χ0v) is 14.2. The van der Waals surface area contributed by atoms with Gasteiger partial charge in [0.1, 0.15) is 0 Å². The third-order valence-electron chi connectivity index (χ3n) is 3.07. The molecule has 1 amide bonds. The summed E-state index contributed by atoms with van der Waals surface area (Å²) in [4.78, 5) is 35.2. The molecule has 2 rings (SSSR count). The standard InChI is InChI=1S/C18H16ClNO5/c1-2-24-17(22)12-6-8-15(9-7-12)20-16(21)11-25-18(23)13-4-3-5-14(19)10-13/h3-10H,2,11H2,1H3,(H,20,21). The van der Waals surface area contributed by atoms with Crippen molar-refractivity contribution in [3.05, 3.63) is 64.7 Å². The van der Waals surface area contributed by atoms with E-state index in [2.05, 4.69) is 5.32 Å². The van der Waals surface area contributed by atoms with Crippen LogP contribution >= 0.6 is 11.6 Å². The van der Waals surface area contributed by atoms with Gasteiger partial charge in [-0.25, -0.2) is 9.59 Å². The summed E-state index contributed by atoms with van der Waals surface area (Å²) >= 11 is 5.79. The first-order valence-electron chi connectivity index (χ1n) is 7.49. The van der Waals surface area contributed by atoms with E-state index in [1.54, 1.807) is 37.3 Å². The SMILES string of the molecule is CCOC(=O)c1ccc(NC(=O)COC(=O)c2cccc(Cl)c2)cc1. The number of carbonyl (C=O) groups is 3. The van der Waals surface area contributed by atoms with Crippen LogP contribution in [-0.2, 0) is 14.3 Å². The Hall–Kier alpha value is -2.86. The Morgan fingerprint density at radius 2 is 1.64 bits per heavy atom. The Labute approximate surface area is 149 Å². The summed E-state index contributed by atoms with van der Waals surface area (Å²) < 4.78 is 9.80. The summed E-state index contributed by atoms with van der Waals surface area (Å²) in [6, 6.07) is 12.4.